The average Bonchev–Trinajstić information content (AvgIpc) is 4.13. The van der Waals surface area contributed by atoms with Crippen LogP contribution in [0.5, 0.6) is 34.5 Å². The van der Waals surface area contributed by atoms with Gasteiger partial charge in [0.15, 0.2) is 0 Å². The van der Waals surface area contributed by atoms with Gasteiger partial charge < -0.3 is 28.4 Å². The van der Waals surface area contributed by atoms with Gasteiger partial charge in [-0.1, -0.05) is 117 Å². The minimum Gasteiger partial charge on any atom is -0.493 e. The second-order valence-corrected chi connectivity index (χ2v) is 35.4. The summed E-state index contributed by atoms with van der Waals surface area (Å²) in [5.74, 6) is 9.89. The quantitative estimate of drug-likeness (QED) is 0.0427. The SMILES string of the molecule is CCCCOc1cc2c(OCCCC)cc1CSc1sc(=S)sc1SCc1cc(OCCCC)c(cc1OCCCC)CSc1sc(=S)sc1SCc1cc(OCCCC)c(cc1OCCCC)CSc1sc(=S)sc1SC2. The molecule has 0 atom stereocenters. The predicted molar refractivity (Wildman–Crippen MR) is 358 cm³/mol. The molecule has 0 saturated carbocycles. The first-order chi connectivity index (χ1) is 38.1. The normalized spacial score (nSPS) is 13.5. The van der Waals surface area contributed by atoms with Crippen molar-refractivity contribution in [3.8, 4) is 34.5 Å². The summed E-state index contributed by atoms with van der Waals surface area (Å²) in [5, 5.41) is 0. The predicted octanol–water partition coefficient (Wildman–Crippen LogP) is 23.4. The van der Waals surface area contributed by atoms with Crippen molar-refractivity contribution in [1.29, 1.82) is 0 Å². The Morgan fingerprint density at radius 2 is 0.436 bits per heavy atom. The molecule has 21 heteroatoms. The molecule has 0 amide bonds. The van der Waals surface area contributed by atoms with Gasteiger partial charge in [0.2, 0.25) is 0 Å². The number of thioether (sulfide) groups is 6. The molecule has 0 saturated heterocycles. The Morgan fingerprint density at radius 1 is 0.282 bits per heavy atom. The number of hydrogen-bond donors (Lipinski definition) is 0. The molecule has 0 spiro atoms. The molecule has 6 aliphatic rings. The van der Waals surface area contributed by atoms with Gasteiger partial charge in [0.05, 0.1) is 64.9 Å². The molecule has 6 bridgehead atoms. The first-order valence-corrected chi connectivity index (χ1v) is 39.1. The number of ether oxygens (including phenoxy) is 6. The summed E-state index contributed by atoms with van der Waals surface area (Å²) in [4.78, 5) is 0. The van der Waals surface area contributed by atoms with Gasteiger partial charge in [-0.05, 0) is 74.9 Å². The molecule has 3 aromatic carbocycles. The highest BCUT2D eigenvalue weighted by Crippen LogP contribution is 2.50. The summed E-state index contributed by atoms with van der Waals surface area (Å²) in [6.07, 6.45) is 12.2. The van der Waals surface area contributed by atoms with E-state index < -0.39 is 0 Å². The van der Waals surface area contributed by atoms with Gasteiger partial charge in [0.1, 0.15) is 43.9 Å². The van der Waals surface area contributed by atoms with Crippen LogP contribution >= 0.6 is 175 Å². The van der Waals surface area contributed by atoms with Gasteiger partial charge in [0, 0.05) is 67.9 Å². The van der Waals surface area contributed by atoms with Crippen LogP contribution in [0.2, 0.25) is 0 Å². The lowest BCUT2D eigenvalue weighted by Gasteiger charge is -2.19. The Morgan fingerprint density at radius 3 is 0.577 bits per heavy atom. The van der Waals surface area contributed by atoms with Crippen molar-refractivity contribution in [2.45, 2.75) is 178 Å². The highest BCUT2D eigenvalue weighted by atomic mass is 32.2. The van der Waals surface area contributed by atoms with Crippen LogP contribution in [0.1, 0.15) is 152 Å². The largest absolute Gasteiger partial charge is 0.493 e. The second-order valence-electron chi connectivity index (χ2n) is 18.2. The first kappa shape index (κ1) is 64.9. The van der Waals surface area contributed by atoms with Crippen LogP contribution in [0.3, 0.4) is 0 Å². The van der Waals surface area contributed by atoms with Crippen LogP contribution < -0.4 is 28.4 Å². The molecule has 0 unspecified atom stereocenters. The average molecular weight is 1330 g/mol. The zero-order chi connectivity index (χ0) is 55.1. The molecular weight excluding hydrogens is 1260 g/mol. The van der Waals surface area contributed by atoms with Crippen molar-refractivity contribution in [2.24, 2.45) is 0 Å². The van der Waals surface area contributed by atoms with E-state index in [9.17, 15) is 0 Å². The highest BCUT2D eigenvalue weighted by Gasteiger charge is 2.22. The van der Waals surface area contributed by atoms with E-state index >= 15 is 0 Å². The monoisotopic (exact) mass is 1330 g/mol. The van der Waals surface area contributed by atoms with Crippen LogP contribution in [0.15, 0.2) is 61.7 Å². The zero-order valence-corrected chi connectivity index (χ0v) is 57.8. The van der Waals surface area contributed by atoms with Crippen molar-refractivity contribution in [3.63, 3.8) is 0 Å². The molecule has 0 aliphatic carbocycles. The second kappa shape index (κ2) is 35.6. The van der Waals surface area contributed by atoms with E-state index in [1.807, 2.05) is 70.6 Å². The van der Waals surface area contributed by atoms with Crippen molar-refractivity contribution >= 4 is 175 Å². The summed E-state index contributed by atoms with van der Waals surface area (Å²) in [5.41, 5.74) is 6.79. The third-order valence-electron chi connectivity index (χ3n) is 12.0. The maximum Gasteiger partial charge on any atom is 0.145 e. The lowest BCUT2D eigenvalue weighted by molar-refractivity contribution is 0.297. The summed E-state index contributed by atoms with van der Waals surface area (Å²) in [6.45, 7) is 17.2. The van der Waals surface area contributed by atoms with Crippen molar-refractivity contribution in [1.82, 2.24) is 0 Å². The van der Waals surface area contributed by atoms with Crippen LogP contribution in [-0.4, -0.2) is 39.6 Å². The standard InChI is InChI=1S/C57H72O6S15/c1-7-13-19-58-43-25-38-32-68-51-52(76-56(65)75-51)70-34-40-28-48(63-24-18-12-6)42(30-47(40)62-23-17-11-5)36-72-54-53(77-57(66)78-54)71-35-41-29-45(60-21-15-9-3)39(27-46(41)61-22-16-10-4)33-69-50-49(73-55(64)74-50)67-31-37(43)26-44(38)59-20-14-8-2/h25-30H,7-24,31-36H2,1-6H3. The third-order valence-corrected chi connectivity index (χ3v) is 29.0. The zero-order valence-electron chi connectivity index (χ0n) is 45.5. The number of rotatable bonds is 24. The fraction of sp³-hybridized carbons (Fsp3) is 0.526. The van der Waals surface area contributed by atoms with Gasteiger partial charge in [-0.15, -0.1) is 139 Å². The summed E-state index contributed by atoms with van der Waals surface area (Å²) < 4.78 is 50.3. The van der Waals surface area contributed by atoms with Crippen LogP contribution in [0.4, 0.5) is 0 Å². The molecule has 426 valence electrons. The molecular formula is C57H72O6S15. The van der Waals surface area contributed by atoms with Crippen LogP contribution in [-0.2, 0) is 34.5 Å². The van der Waals surface area contributed by atoms with E-state index in [4.69, 9.17) is 65.1 Å². The molecule has 6 nitrogen and oxygen atoms in total. The van der Waals surface area contributed by atoms with E-state index in [1.165, 1.54) is 25.3 Å². The molecule has 6 aromatic rings. The highest BCUT2D eigenvalue weighted by molar-refractivity contribution is 8.05. The fourth-order valence-corrected chi connectivity index (χ4v) is 25.7. The molecule has 0 fully saturated rings. The Hall–Kier alpha value is -0.630. The van der Waals surface area contributed by atoms with Gasteiger partial charge in [0.25, 0.3) is 0 Å². The smallest absolute Gasteiger partial charge is 0.145 e. The summed E-state index contributed by atoms with van der Waals surface area (Å²) >= 11 is 39.1. The first-order valence-electron chi connectivity index (χ1n) is 27.1. The Kier molecular flexibility index (Phi) is 29.6. The summed E-state index contributed by atoms with van der Waals surface area (Å²) in [6, 6.07) is 13.5. The number of hydrogen-bond acceptors (Lipinski definition) is 21. The fourth-order valence-electron chi connectivity index (χ4n) is 7.53. The Labute approximate surface area is 529 Å². The Bertz CT molecular complexity index is 2470. The molecule has 0 radical (unpaired) electrons. The minimum atomic E-state index is 0.659. The van der Waals surface area contributed by atoms with E-state index in [0.29, 0.717) is 39.6 Å². The molecule has 3 aromatic heterocycles. The Balaban J connectivity index is 1.32. The van der Waals surface area contributed by atoms with E-state index in [0.717, 1.165) is 189 Å². The van der Waals surface area contributed by atoms with Gasteiger partial charge >= 0.3 is 0 Å². The molecule has 0 N–H and O–H groups in total. The van der Waals surface area contributed by atoms with Crippen molar-refractivity contribution in [3.05, 3.63) is 79.2 Å². The number of unbranched alkanes of at least 4 members (excludes halogenated alkanes) is 6. The molecule has 78 heavy (non-hydrogen) atoms. The molecule has 12 rings (SSSR count). The van der Waals surface area contributed by atoms with Gasteiger partial charge in [-0.2, -0.15) is 0 Å². The van der Waals surface area contributed by atoms with Crippen molar-refractivity contribution < 1.29 is 28.4 Å². The summed E-state index contributed by atoms with van der Waals surface area (Å²) in [7, 11) is 0. The van der Waals surface area contributed by atoms with Crippen LogP contribution in [0, 0.1) is 9.41 Å². The lowest BCUT2D eigenvalue weighted by atomic mass is 10.1. The maximum absolute atomic E-state index is 6.69. The molecule has 9 heterocycles. The molecule has 6 aliphatic heterocycles. The van der Waals surface area contributed by atoms with Gasteiger partial charge in [-0.25, -0.2) is 0 Å². The minimum absolute atomic E-state index is 0.659. The van der Waals surface area contributed by atoms with Crippen LogP contribution in [0.25, 0.3) is 0 Å². The third kappa shape index (κ3) is 20.3. The van der Waals surface area contributed by atoms with E-state index in [-0.39, 0.29) is 0 Å². The topological polar surface area (TPSA) is 55.4 Å². The van der Waals surface area contributed by atoms with E-state index in [2.05, 4.69) is 77.9 Å². The van der Waals surface area contributed by atoms with Gasteiger partial charge in [-0.3, -0.25) is 0 Å². The maximum atomic E-state index is 6.69. The van der Waals surface area contributed by atoms with Crippen molar-refractivity contribution in [2.75, 3.05) is 39.6 Å². The lowest BCUT2D eigenvalue weighted by Crippen LogP contribution is -2.05. The van der Waals surface area contributed by atoms with E-state index in [1.54, 1.807) is 68.0 Å². The number of benzene rings is 3.